The molecule has 1 aromatic carbocycles. The van der Waals surface area contributed by atoms with Crippen molar-refractivity contribution in [3.8, 4) is 0 Å². The number of halogens is 35. The lowest BCUT2D eigenvalue weighted by atomic mass is 9.84. The van der Waals surface area contributed by atoms with Gasteiger partial charge in [0.2, 0.25) is 0 Å². The van der Waals surface area contributed by atoms with Gasteiger partial charge in [0.25, 0.3) is 0 Å². The Balaban J connectivity index is 4.17. The van der Waals surface area contributed by atoms with E-state index in [1.54, 1.807) is 0 Å². The predicted octanol–water partition coefficient (Wildman–Crippen LogP) is 13.4. The molecule has 0 aliphatic rings. The van der Waals surface area contributed by atoms with E-state index in [2.05, 4.69) is 0 Å². The standard InChI is InChI=1S/C23H5ClF34/c24-4-5-1-6(8(25,26)10(29,30)12(33,34)14(37,38)16(41,42)18(45,46)20(49,50)22(53,54)55)3-7(2-5)9(27,28)11(31,32)13(35,36)15(39,40)17(43,44)19(47,48)21(51,52)23(56,57)58/h1-3H,4H2. The smallest absolute Gasteiger partial charge is 0.194 e. The molecular weight excluding hydrogens is 958 g/mol. The van der Waals surface area contributed by atoms with Crippen LogP contribution in [-0.4, -0.2) is 83.4 Å². The van der Waals surface area contributed by atoms with Crippen LogP contribution in [0.5, 0.6) is 0 Å². The molecule has 1 rings (SSSR count). The first-order valence-corrected chi connectivity index (χ1v) is 13.3. The largest absolute Gasteiger partial charge is 0.460 e. The molecule has 342 valence electrons. The van der Waals surface area contributed by atoms with Gasteiger partial charge in [0.15, 0.2) is 0 Å². The van der Waals surface area contributed by atoms with E-state index >= 15 is 0 Å². The number of hydrogen-bond donors (Lipinski definition) is 0. The molecule has 0 spiro atoms. The summed E-state index contributed by atoms with van der Waals surface area (Å²) in [7, 11) is 0. The van der Waals surface area contributed by atoms with Gasteiger partial charge in [-0.15, -0.1) is 11.6 Å². The minimum absolute atomic E-state index is 1.29. The van der Waals surface area contributed by atoms with Gasteiger partial charge in [-0.3, -0.25) is 0 Å². The molecule has 0 aliphatic carbocycles. The molecule has 0 bridgehead atoms. The SMILES string of the molecule is FC(F)(F)C(F)(F)C(F)(F)C(F)(F)C(F)(F)C(F)(F)C(F)(F)C(F)(F)c1cc(CCl)cc(C(F)(F)C(F)(F)C(F)(F)C(F)(F)C(F)(F)C(F)(F)C(F)(F)C(F)(F)F)c1. The summed E-state index contributed by atoms with van der Waals surface area (Å²) in [6.07, 6.45) is -16.4. The fourth-order valence-electron chi connectivity index (χ4n) is 3.82. The summed E-state index contributed by atoms with van der Waals surface area (Å²) in [5, 5.41) is 0. The number of rotatable bonds is 15. The first-order valence-electron chi connectivity index (χ1n) is 12.8. The first kappa shape index (κ1) is 53.1. The summed E-state index contributed by atoms with van der Waals surface area (Å²) < 4.78 is 463. The van der Waals surface area contributed by atoms with Crippen LogP contribution in [0.3, 0.4) is 0 Å². The summed E-state index contributed by atoms with van der Waals surface area (Å²) in [5.74, 6) is -127. The van der Waals surface area contributed by atoms with Crippen LogP contribution in [0, 0.1) is 0 Å². The fourth-order valence-corrected chi connectivity index (χ4v) is 3.98. The van der Waals surface area contributed by atoms with Crippen molar-refractivity contribution in [1.29, 1.82) is 0 Å². The van der Waals surface area contributed by atoms with E-state index < -0.39 is 136 Å². The van der Waals surface area contributed by atoms with Crippen molar-refractivity contribution in [3.63, 3.8) is 0 Å². The zero-order valence-electron chi connectivity index (χ0n) is 25.2. The highest BCUT2D eigenvalue weighted by Crippen LogP contribution is 2.67. The Morgan fingerprint density at radius 1 is 0.259 bits per heavy atom. The highest BCUT2D eigenvalue weighted by Gasteiger charge is 2.97. The Hall–Kier alpha value is -2.87. The third kappa shape index (κ3) is 6.49. The van der Waals surface area contributed by atoms with Gasteiger partial charge in [0, 0.05) is 17.0 Å². The summed E-state index contributed by atoms with van der Waals surface area (Å²) in [6, 6.07) is -4.81. The minimum atomic E-state index is -9.38. The van der Waals surface area contributed by atoms with Gasteiger partial charge < -0.3 is 0 Å². The van der Waals surface area contributed by atoms with E-state index in [9.17, 15) is 149 Å². The van der Waals surface area contributed by atoms with E-state index in [0.717, 1.165) is 0 Å². The van der Waals surface area contributed by atoms with Crippen LogP contribution in [-0.2, 0) is 17.7 Å². The number of benzene rings is 1. The van der Waals surface area contributed by atoms with Gasteiger partial charge in [-0.2, -0.15) is 149 Å². The molecule has 0 aromatic heterocycles. The molecule has 0 radical (unpaired) electrons. The second-order valence-electron chi connectivity index (χ2n) is 11.1. The van der Waals surface area contributed by atoms with Crippen molar-refractivity contribution in [1.82, 2.24) is 0 Å². The number of alkyl halides is 35. The third-order valence-electron chi connectivity index (χ3n) is 7.32. The molecule has 0 saturated carbocycles. The number of hydrogen-bond acceptors (Lipinski definition) is 0. The Labute approximate surface area is 298 Å². The van der Waals surface area contributed by atoms with Crippen molar-refractivity contribution in [2.45, 2.75) is 101 Å². The highest BCUT2D eigenvalue weighted by atomic mass is 35.5. The lowest BCUT2D eigenvalue weighted by Crippen LogP contribution is -2.74. The maximum Gasteiger partial charge on any atom is 0.460 e. The zero-order valence-corrected chi connectivity index (χ0v) is 25.9. The van der Waals surface area contributed by atoms with E-state index in [-0.39, 0.29) is 0 Å². The van der Waals surface area contributed by atoms with Crippen LogP contribution in [0.1, 0.15) is 16.7 Å². The second kappa shape index (κ2) is 13.6. The molecule has 0 heterocycles. The lowest BCUT2D eigenvalue weighted by molar-refractivity contribution is -0.463. The molecule has 0 atom stereocenters. The summed E-state index contributed by atoms with van der Waals surface area (Å²) in [6.45, 7) is 0. The van der Waals surface area contributed by atoms with Crippen molar-refractivity contribution in [2.24, 2.45) is 0 Å². The molecule has 0 unspecified atom stereocenters. The molecular formula is C23H5ClF34. The molecule has 0 aliphatic heterocycles. The lowest BCUT2D eigenvalue weighted by Gasteiger charge is -2.43. The van der Waals surface area contributed by atoms with E-state index in [4.69, 9.17) is 11.6 Å². The van der Waals surface area contributed by atoms with Crippen LogP contribution < -0.4 is 0 Å². The molecule has 0 amide bonds. The molecule has 0 N–H and O–H groups in total. The Kier molecular flexibility index (Phi) is 12.4. The zero-order chi connectivity index (χ0) is 47.6. The second-order valence-corrected chi connectivity index (χ2v) is 11.4. The summed E-state index contributed by atoms with van der Waals surface area (Å²) in [5.41, 5.74) is -10.2. The predicted molar refractivity (Wildman–Crippen MR) is 115 cm³/mol. The highest BCUT2D eigenvalue weighted by molar-refractivity contribution is 6.17. The Morgan fingerprint density at radius 3 is 0.603 bits per heavy atom. The average molecular weight is 963 g/mol. The van der Waals surface area contributed by atoms with Gasteiger partial charge in [-0.1, -0.05) is 0 Å². The maximum atomic E-state index is 14.8. The monoisotopic (exact) mass is 962 g/mol. The van der Waals surface area contributed by atoms with Crippen LogP contribution in [0.2, 0.25) is 0 Å². The fraction of sp³-hybridized carbons (Fsp3) is 0.739. The van der Waals surface area contributed by atoms with Crippen molar-refractivity contribution < 1.29 is 149 Å². The topological polar surface area (TPSA) is 0 Å². The maximum absolute atomic E-state index is 14.8. The molecule has 1 aromatic rings. The van der Waals surface area contributed by atoms with E-state index in [1.807, 2.05) is 0 Å². The molecule has 58 heavy (non-hydrogen) atoms. The van der Waals surface area contributed by atoms with Crippen molar-refractivity contribution in [3.05, 3.63) is 34.9 Å². The first-order chi connectivity index (χ1) is 24.6. The van der Waals surface area contributed by atoms with Gasteiger partial charge in [0.1, 0.15) is 0 Å². The van der Waals surface area contributed by atoms with E-state index in [0.29, 0.717) is 0 Å². The Bertz CT molecular complexity index is 1540. The summed E-state index contributed by atoms with van der Waals surface area (Å²) in [4.78, 5) is 0. The average Bonchev–Trinajstić information content (AvgIpc) is 3.02. The van der Waals surface area contributed by atoms with Crippen LogP contribution in [0.4, 0.5) is 149 Å². The van der Waals surface area contributed by atoms with Crippen LogP contribution in [0.15, 0.2) is 18.2 Å². The minimum Gasteiger partial charge on any atom is -0.194 e. The van der Waals surface area contributed by atoms with Gasteiger partial charge in [0.05, 0.1) is 0 Å². The van der Waals surface area contributed by atoms with Gasteiger partial charge in [-0.05, 0) is 23.8 Å². The van der Waals surface area contributed by atoms with Gasteiger partial charge in [-0.25, -0.2) is 0 Å². The normalized spacial score (nSPS) is 16.6. The molecule has 0 saturated heterocycles. The van der Waals surface area contributed by atoms with Crippen molar-refractivity contribution in [2.75, 3.05) is 0 Å². The van der Waals surface area contributed by atoms with Crippen molar-refractivity contribution >= 4 is 11.6 Å². The summed E-state index contributed by atoms with van der Waals surface area (Å²) >= 11 is 4.81. The third-order valence-corrected chi connectivity index (χ3v) is 7.62. The Morgan fingerprint density at radius 2 is 0.431 bits per heavy atom. The quantitative estimate of drug-likeness (QED) is 0.121. The van der Waals surface area contributed by atoms with Crippen LogP contribution in [0.25, 0.3) is 0 Å². The van der Waals surface area contributed by atoms with Crippen LogP contribution >= 0.6 is 11.6 Å². The van der Waals surface area contributed by atoms with E-state index in [1.165, 1.54) is 0 Å². The molecule has 0 fully saturated rings. The molecule has 35 heteroatoms. The molecule has 0 nitrogen and oxygen atoms in total. The van der Waals surface area contributed by atoms with Gasteiger partial charge >= 0.3 is 95.3 Å².